The van der Waals surface area contributed by atoms with Crippen LogP contribution in [0, 0.1) is 0 Å². The molecule has 0 aliphatic heterocycles. The molecule has 0 aliphatic carbocycles. The van der Waals surface area contributed by atoms with Crippen molar-refractivity contribution in [3.63, 3.8) is 0 Å². The zero-order valence-electron chi connectivity index (χ0n) is 17.3. The molecule has 6 nitrogen and oxygen atoms in total. The number of anilines is 1. The van der Waals surface area contributed by atoms with Crippen molar-refractivity contribution in [3.05, 3.63) is 74.9 Å². The van der Waals surface area contributed by atoms with Gasteiger partial charge in [-0.1, -0.05) is 53.2 Å². The summed E-state index contributed by atoms with van der Waals surface area (Å²) in [6.45, 7) is 2.22. The first-order valence-electron chi connectivity index (χ1n) is 10.1. The minimum absolute atomic E-state index is 0.296. The number of halogens is 1. The Bertz CT molecular complexity index is 1170. The van der Waals surface area contributed by atoms with E-state index in [1.54, 1.807) is 29.8 Å². The van der Waals surface area contributed by atoms with E-state index in [2.05, 4.69) is 15.9 Å². The molecular weight excluding hydrogens is 446 g/mol. The van der Waals surface area contributed by atoms with Crippen molar-refractivity contribution < 1.29 is 4.79 Å². The SMILES string of the molecule is CCc1ccccc1N(C)C(=O)Cn1c(=O)c2ccccc2n(CCCCBr)c1=O. The molecule has 0 spiro atoms. The van der Waals surface area contributed by atoms with Crippen LogP contribution in [0.1, 0.15) is 25.3 Å². The van der Waals surface area contributed by atoms with Gasteiger partial charge >= 0.3 is 5.69 Å². The Morgan fingerprint density at radius 1 is 1.00 bits per heavy atom. The fourth-order valence-corrected chi connectivity index (χ4v) is 4.00. The number of benzene rings is 2. The summed E-state index contributed by atoms with van der Waals surface area (Å²) >= 11 is 3.41. The van der Waals surface area contributed by atoms with Gasteiger partial charge in [0, 0.05) is 24.6 Å². The molecule has 3 rings (SSSR count). The molecule has 7 heteroatoms. The first-order chi connectivity index (χ1) is 14.5. The van der Waals surface area contributed by atoms with Crippen molar-refractivity contribution in [2.45, 2.75) is 39.3 Å². The van der Waals surface area contributed by atoms with Gasteiger partial charge in [0.2, 0.25) is 5.91 Å². The molecule has 1 aromatic heterocycles. The third-order valence-electron chi connectivity index (χ3n) is 5.30. The Morgan fingerprint density at radius 3 is 2.43 bits per heavy atom. The molecule has 0 unspecified atom stereocenters. The van der Waals surface area contributed by atoms with Crippen LogP contribution in [0.4, 0.5) is 5.69 Å². The Hall–Kier alpha value is -2.67. The number of aryl methyl sites for hydroxylation is 2. The maximum Gasteiger partial charge on any atom is 0.331 e. The highest BCUT2D eigenvalue weighted by molar-refractivity contribution is 9.09. The first-order valence-corrected chi connectivity index (χ1v) is 11.2. The molecule has 30 heavy (non-hydrogen) atoms. The number of amides is 1. The monoisotopic (exact) mass is 471 g/mol. The minimum atomic E-state index is -0.446. The van der Waals surface area contributed by atoms with Crippen LogP contribution in [-0.2, 0) is 24.3 Å². The lowest BCUT2D eigenvalue weighted by Gasteiger charge is -2.21. The number of nitrogens with zero attached hydrogens (tertiary/aromatic N) is 3. The summed E-state index contributed by atoms with van der Waals surface area (Å²) < 4.78 is 2.66. The number of hydrogen-bond acceptors (Lipinski definition) is 3. The lowest BCUT2D eigenvalue weighted by atomic mass is 10.1. The van der Waals surface area contributed by atoms with Gasteiger partial charge in [-0.15, -0.1) is 0 Å². The Morgan fingerprint density at radius 2 is 1.70 bits per heavy atom. The molecule has 0 N–H and O–H groups in total. The lowest BCUT2D eigenvalue weighted by Crippen LogP contribution is -2.44. The standard InChI is InChI=1S/C23H26BrN3O3/c1-3-17-10-4-6-12-19(17)25(2)21(28)16-27-22(29)18-11-5-7-13-20(18)26(23(27)30)15-9-8-14-24/h4-7,10-13H,3,8-9,14-16H2,1-2H3. The van der Waals surface area contributed by atoms with Crippen LogP contribution in [-0.4, -0.2) is 27.4 Å². The van der Waals surface area contributed by atoms with Gasteiger partial charge in [0.05, 0.1) is 10.9 Å². The van der Waals surface area contributed by atoms with Gasteiger partial charge in [0.1, 0.15) is 6.54 Å². The molecule has 0 saturated heterocycles. The normalized spacial score (nSPS) is 11.0. The summed E-state index contributed by atoms with van der Waals surface area (Å²) in [5.41, 5.74) is 1.55. The van der Waals surface area contributed by atoms with Gasteiger partial charge < -0.3 is 4.90 Å². The fraction of sp³-hybridized carbons (Fsp3) is 0.348. The van der Waals surface area contributed by atoms with E-state index in [9.17, 15) is 14.4 Å². The number of carbonyl (C=O) groups is 1. The van der Waals surface area contributed by atoms with Crippen LogP contribution in [0.3, 0.4) is 0 Å². The maximum absolute atomic E-state index is 13.2. The maximum atomic E-state index is 13.2. The van der Waals surface area contributed by atoms with E-state index in [1.807, 2.05) is 37.3 Å². The predicted octanol–water partition coefficient (Wildman–Crippen LogP) is 3.56. The van der Waals surface area contributed by atoms with Crippen molar-refractivity contribution in [3.8, 4) is 0 Å². The smallest absolute Gasteiger partial charge is 0.314 e. The third kappa shape index (κ3) is 4.41. The number of hydrogen-bond donors (Lipinski definition) is 0. The molecule has 0 fully saturated rings. The molecule has 158 valence electrons. The number of carbonyl (C=O) groups excluding carboxylic acids is 1. The lowest BCUT2D eigenvalue weighted by molar-refractivity contribution is -0.119. The molecule has 0 bridgehead atoms. The number of alkyl halides is 1. The summed E-state index contributed by atoms with van der Waals surface area (Å²) in [4.78, 5) is 40.7. The van der Waals surface area contributed by atoms with Crippen molar-refractivity contribution in [2.24, 2.45) is 0 Å². The zero-order chi connectivity index (χ0) is 21.7. The van der Waals surface area contributed by atoms with E-state index < -0.39 is 11.2 Å². The molecule has 2 aromatic carbocycles. The first kappa shape index (κ1) is 22.0. The number of aromatic nitrogens is 2. The van der Waals surface area contributed by atoms with E-state index in [0.717, 1.165) is 40.4 Å². The highest BCUT2D eigenvalue weighted by atomic mass is 79.9. The largest absolute Gasteiger partial charge is 0.331 e. The number of rotatable bonds is 8. The summed E-state index contributed by atoms with van der Waals surface area (Å²) in [6, 6.07) is 14.7. The molecular formula is C23H26BrN3O3. The topological polar surface area (TPSA) is 64.3 Å². The molecule has 3 aromatic rings. The van der Waals surface area contributed by atoms with Crippen molar-refractivity contribution >= 4 is 38.4 Å². The number of fused-ring (bicyclic) bond motifs is 1. The molecule has 1 amide bonds. The average molecular weight is 472 g/mol. The van der Waals surface area contributed by atoms with Crippen molar-refractivity contribution in [1.29, 1.82) is 0 Å². The van der Waals surface area contributed by atoms with Crippen LogP contribution >= 0.6 is 15.9 Å². The fourth-order valence-electron chi connectivity index (χ4n) is 3.60. The molecule has 0 atom stereocenters. The van der Waals surface area contributed by atoms with Crippen molar-refractivity contribution in [2.75, 3.05) is 17.3 Å². The Kier molecular flexibility index (Phi) is 7.26. The summed E-state index contributed by atoms with van der Waals surface area (Å²) in [6.07, 6.45) is 2.49. The number of para-hydroxylation sites is 2. The van der Waals surface area contributed by atoms with Gasteiger partial charge in [-0.3, -0.25) is 18.7 Å². The second-order valence-electron chi connectivity index (χ2n) is 7.17. The number of likely N-dealkylation sites (N-methyl/N-ethyl adjacent to an activating group) is 1. The summed E-state index contributed by atoms with van der Waals surface area (Å²) in [5, 5.41) is 1.29. The van der Waals surface area contributed by atoms with Crippen LogP contribution in [0.5, 0.6) is 0 Å². The van der Waals surface area contributed by atoms with E-state index >= 15 is 0 Å². The minimum Gasteiger partial charge on any atom is -0.314 e. The van der Waals surface area contributed by atoms with Crippen LogP contribution in [0.2, 0.25) is 0 Å². The van der Waals surface area contributed by atoms with E-state index in [-0.39, 0.29) is 12.5 Å². The molecule has 1 heterocycles. The zero-order valence-corrected chi connectivity index (χ0v) is 18.9. The van der Waals surface area contributed by atoms with Gasteiger partial charge in [0.25, 0.3) is 5.56 Å². The van der Waals surface area contributed by atoms with Crippen LogP contribution in [0.15, 0.2) is 58.1 Å². The van der Waals surface area contributed by atoms with Crippen LogP contribution < -0.4 is 16.1 Å². The van der Waals surface area contributed by atoms with E-state index in [0.29, 0.717) is 17.4 Å². The predicted molar refractivity (Wildman–Crippen MR) is 125 cm³/mol. The van der Waals surface area contributed by atoms with E-state index in [4.69, 9.17) is 0 Å². The highest BCUT2D eigenvalue weighted by Crippen LogP contribution is 2.20. The van der Waals surface area contributed by atoms with E-state index in [1.165, 1.54) is 4.90 Å². The molecule has 0 radical (unpaired) electrons. The molecule has 0 aliphatic rings. The molecule has 0 saturated carbocycles. The second kappa shape index (κ2) is 9.89. The van der Waals surface area contributed by atoms with Crippen LogP contribution in [0.25, 0.3) is 10.9 Å². The summed E-state index contributed by atoms with van der Waals surface area (Å²) in [5.74, 6) is -0.308. The average Bonchev–Trinajstić information content (AvgIpc) is 2.78. The Labute approximate surface area is 183 Å². The second-order valence-corrected chi connectivity index (χ2v) is 7.97. The quantitative estimate of drug-likeness (QED) is 0.372. The summed E-state index contributed by atoms with van der Waals surface area (Å²) in [7, 11) is 1.68. The van der Waals surface area contributed by atoms with Crippen molar-refractivity contribution in [1.82, 2.24) is 9.13 Å². The number of unbranched alkanes of at least 4 members (excludes halogenated alkanes) is 1. The van der Waals surface area contributed by atoms with Gasteiger partial charge in [-0.25, -0.2) is 4.79 Å². The Balaban J connectivity index is 2.02. The highest BCUT2D eigenvalue weighted by Gasteiger charge is 2.19. The van der Waals surface area contributed by atoms with Gasteiger partial charge in [-0.2, -0.15) is 0 Å². The van der Waals surface area contributed by atoms with Gasteiger partial charge in [-0.05, 0) is 43.0 Å². The third-order valence-corrected chi connectivity index (χ3v) is 5.86. The van der Waals surface area contributed by atoms with Gasteiger partial charge in [0.15, 0.2) is 0 Å².